The highest BCUT2D eigenvalue weighted by Crippen LogP contribution is 2.25. The predicted molar refractivity (Wildman–Crippen MR) is 72.7 cm³/mol. The van der Waals surface area contributed by atoms with Gasteiger partial charge in [0.05, 0.1) is 5.75 Å². The molecule has 1 atom stereocenters. The summed E-state index contributed by atoms with van der Waals surface area (Å²) in [5.74, 6) is 0.0994. The fourth-order valence-electron chi connectivity index (χ4n) is 1.91. The third-order valence-electron chi connectivity index (χ3n) is 2.56. The predicted octanol–water partition coefficient (Wildman–Crippen LogP) is 2.45. The first-order valence-corrected chi connectivity index (χ1v) is 7.97. The molecule has 0 radical (unpaired) electrons. The summed E-state index contributed by atoms with van der Waals surface area (Å²) < 4.78 is 25.2. The van der Waals surface area contributed by atoms with Crippen molar-refractivity contribution in [3.05, 3.63) is 16.7 Å². The lowest BCUT2D eigenvalue weighted by molar-refractivity contribution is 0.478. The minimum Gasteiger partial charge on any atom is -0.337 e. The van der Waals surface area contributed by atoms with Gasteiger partial charge >= 0.3 is 0 Å². The molecule has 0 saturated carbocycles. The van der Waals surface area contributed by atoms with Crippen LogP contribution in [0.5, 0.6) is 0 Å². The molecule has 0 spiro atoms. The number of nitrogens with one attached hydrogen (secondary N) is 1. The molecule has 1 heterocycles. The molecule has 0 bridgehead atoms. The third-order valence-corrected chi connectivity index (χ3v) is 3.97. The Morgan fingerprint density at radius 1 is 1.47 bits per heavy atom. The van der Waals surface area contributed by atoms with Crippen molar-refractivity contribution in [2.75, 3.05) is 12.0 Å². The summed E-state index contributed by atoms with van der Waals surface area (Å²) in [6, 6.07) is -0.155. The van der Waals surface area contributed by atoms with Crippen LogP contribution in [0.1, 0.15) is 39.4 Å². The molecule has 6 heteroatoms. The van der Waals surface area contributed by atoms with Crippen molar-refractivity contribution in [3.8, 4) is 0 Å². The average Bonchev–Trinajstić information content (AvgIpc) is 2.42. The monoisotopic (exact) mass is 276 g/mol. The summed E-state index contributed by atoms with van der Waals surface area (Å²) in [7, 11) is -3.01. The van der Waals surface area contributed by atoms with Crippen molar-refractivity contribution in [1.82, 2.24) is 9.55 Å². The SMILES string of the molecule is CC(CS(C)(=O)=O)n1c(C(C)(C)C)c[nH]c1=S. The van der Waals surface area contributed by atoms with Crippen LogP contribution in [0.3, 0.4) is 0 Å². The van der Waals surface area contributed by atoms with E-state index in [-0.39, 0.29) is 17.2 Å². The number of aromatic nitrogens is 2. The van der Waals surface area contributed by atoms with Gasteiger partial charge in [-0.1, -0.05) is 20.8 Å². The zero-order valence-corrected chi connectivity index (χ0v) is 12.6. The first kappa shape index (κ1) is 14.4. The zero-order chi connectivity index (χ0) is 13.4. The number of nitrogens with zero attached hydrogens (tertiary/aromatic N) is 1. The summed E-state index contributed by atoms with van der Waals surface area (Å²) >= 11 is 5.22. The number of aromatic amines is 1. The molecule has 4 nitrogen and oxygen atoms in total. The minimum absolute atomic E-state index is 0.0701. The molecule has 0 aliphatic heterocycles. The van der Waals surface area contributed by atoms with Gasteiger partial charge in [0.2, 0.25) is 0 Å². The van der Waals surface area contributed by atoms with E-state index in [4.69, 9.17) is 12.2 Å². The van der Waals surface area contributed by atoms with E-state index >= 15 is 0 Å². The number of rotatable bonds is 3. The van der Waals surface area contributed by atoms with E-state index in [0.29, 0.717) is 4.77 Å². The van der Waals surface area contributed by atoms with E-state index in [1.54, 1.807) is 0 Å². The highest BCUT2D eigenvalue weighted by Gasteiger charge is 2.23. The second-order valence-corrected chi connectivity index (χ2v) is 8.11. The van der Waals surface area contributed by atoms with E-state index in [1.165, 1.54) is 6.26 Å². The maximum Gasteiger partial charge on any atom is 0.177 e. The Labute approximate surface area is 108 Å². The summed E-state index contributed by atoms with van der Waals surface area (Å²) in [6.07, 6.45) is 3.11. The van der Waals surface area contributed by atoms with Crippen LogP contribution in [0.4, 0.5) is 0 Å². The molecule has 1 aromatic heterocycles. The lowest BCUT2D eigenvalue weighted by atomic mass is 9.92. The van der Waals surface area contributed by atoms with Crippen molar-refractivity contribution in [2.24, 2.45) is 0 Å². The standard InChI is InChI=1S/C11H20N2O2S2/c1-8(7-17(5,14)15)13-9(11(2,3)4)6-12-10(13)16/h6,8H,7H2,1-5H3,(H,12,16). The fraction of sp³-hybridized carbons (Fsp3) is 0.727. The van der Waals surface area contributed by atoms with E-state index in [1.807, 2.05) is 17.7 Å². The lowest BCUT2D eigenvalue weighted by Gasteiger charge is -2.24. The number of imidazole rings is 1. The van der Waals surface area contributed by atoms with Crippen molar-refractivity contribution in [3.63, 3.8) is 0 Å². The van der Waals surface area contributed by atoms with Crippen molar-refractivity contribution >= 4 is 22.1 Å². The van der Waals surface area contributed by atoms with Crippen LogP contribution < -0.4 is 0 Å². The van der Waals surface area contributed by atoms with Crippen molar-refractivity contribution in [2.45, 2.75) is 39.2 Å². The fourth-order valence-corrected chi connectivity index (χ4v) is 3.27. The van der Waals surface area contributed by atoms with Crippen LogP contribution in [0, 0.1) is 4.77 Å². The van der Waals surface area contributed by atoms with Gasteiger partial charge in [-0.2, -0.15) is 0 Å². The molecule has 0 aromatic carbocycles. The summed E-state index contributed by atoms with van der Waals surface area (Å²) in [5.41, 5.74) is 0.956. The molecular weight excluding hydrogens is 256 g/mol. The second-order valence-electron chi connectivity index (χ2n) is 5.54. The molecule has 98 valence electrons. The smallest absolute Gasteiger partial charge is 0.177 e. The van der Waals surface area contributed by atoms with E-state index in [0.717, 1.165) is 5.69 Å². The Bertz CT molecular complexity index is 547. The van der Waals surface area contributed by atoms with E-state index in [2.05, 4.69) is 25.8 Å². The Balaban J connectivity index is 3.22. The molecule has 0 saturated heterocycles. The maximum absolute atomic E-state index is 11.4. The lowest BCUT2D eigenvalue weighted by Crippen LogP contribution is -2.24. The van der Waals surface area contributed by atoms with Crippen LogP contribution in [-0.2, 0) is 15.3 Å². The molecule has 0 aliphatic rings. The van der Waals surface area contributed by atoms with Gasteiger partial charge < -0.3 is 9.55 Å². The van der Waals surface area contributed by atoms with E-state index in [9.17, 15) is 8.42 Å². The number of sulfone groups is 1. The third kappa shape index (κ3) is 3.67. The summed E-state index contributed by atoms with van der Waals surface area (Å²) in [5, 5.41) is 0. The molecule has 17 heavy (non-hydrogen) atoms. The van der Waals surface area contributed by atoms with Gasteiger partial charge in [0.1, 0.15) is 9.84 Å². The molecule has 0 amide bonds. The molecule has 1 unspecified atom stereocenters. The largest absolute Gasteiger partial charge is 0.337 e. The zero-order valence-electron chi connectivity index (χ0n) is 10.9. The van der Waals surface area contributed by atoms with Gasteiger partial charge in [0.25, 0.3) is 0 Å². The summed E-state index contributed by atoms with van der Waals surface area (Å²) in [4.78, 5) is 2.99. The Kier molecular flexibility index (Phi) is 3.88. The van der Waals surface area contributed by atoms with Gasteiger partial charge in [-0.15, -0.1) is 0 Å². The van der Waals surface area contributed by atoms with Crippen LogP contribution in [0.2, 0.25) is 0 Å². The highest BCUT2D eigenvalue weighted by atomic mass is 32.2. The Morgan fingerprint density at radius 2 is 2.00 bits per heavy atom. The van der Waals surface area contributed by atoms with Gasteiger partial charge in [-0.3, -0.25) is 0 Å². The normalized spacial score (nSPS) is 14.9. The van der Waals surface area contributed by atoms with Crippen molar-refractivity contribution in [1.29, 1.82) is 0 Å². The van der Waals surface area contributed by atoms with Gasteiger partial charge in [-0.05, 0) is 19.1 Å². The molecule has 0 aliphatic carbocycles. The summed E-state index contributed by atoms with van der Waals surface area (Å²) in [6.45, 7) is 8.11. The maximum atomic E-state index is 11.4. The van der Waals surface area contributed by atoms with E-state index < -0.39 is 9.84 Å². The average molecular weight is 276 g/mol. The number of hydrogen-bond donors (Lipinski definition) is 1. The Hall–Kier alpha value is -0.620. The number of hydrogen-bond acceptors (Lipinski definition) is 3. The van der Waals surface area contributed by atoms with Crippen molar-refractivity contribution < 1.29 is 8.42 Å². The van der Waals surface area contributed by atoms with Crippen LogP contribution >= 0.6 is 12.2 Å². The minimum atomic E-state index is -3.01. The topological polar surface area (TPSA) is 54.9 Å². The molecule has 1 rings (SSSR count). The number of H-pyrrole nitrogens is 1. The van der Waals surface area contributed by atoms with Crippen LogP contribution in [0.25, 0.3) is 0 Å². The molecule has 1 N–H and O–H groups in total. The molecular formula is C11H20N2O2S2. The quantitative estimate of drug-likeness (QED) is 0.863. The van der Waals surface area contributed by atoms with Gasteiger partial charge in [0, 0.05) is 29.6 Å². The van der Waals surface area contributed by atoms with Gasteiger partial charge in [-0.25, -0.2) is 8.42 Å². The Morgan fingerprint density at radius 3 is 2.41 bits per heavy atom. The first-order chi connectivity index (χ1) is 7.52. The molecule has 1 aromatic rings. The van der Waals surface area contributed by atoms with Crippen LogP contribution in [0.15, 0.2) is 6.20 Å². The highest BCUT2D eigenvalue weighted by molar-refractivity contribution is 7.90. The first-order valence-electron chi connectivity index (χ1n) is 5.50. The molecule has 0 fully saturated rings. The van der Waals surface area contributed by atoms with Gasteiger partial charge in [0.15, 0.2) is 4.77 Å². The van der Waals surface area contributed by atoms with Crippen LogP contribution in [-0.4, -0.2) is 30.0 Å². The second kappa shape index (κ2) is 4.57.